The van der Waals surface area contributed by atoms with Crippen LogP contribution in [0.15, 0.2) is 18.2 Å². The van der Waals surface area contributed by atoms with Crippen LogP contribution >= 0.6 is 0 Å². The van der Waals surface area contributed by atoms with Crippen LogP contribution in [0.3, 0.4) is 0 Å². The first-order valence-electron chi connectivity index (χ1n) is 14.2. The van der Waals surface area contributed by atoms with E-state index in [1.54, 1.807) is 0 Å². The van der Waals surface area contributed by atoms with Crippen molar-refractivity contribution < 1.29 is 14.3 Å². The van der Waals surface area contributed by atoms with Crippen molar-refractivity contribution in [1.29, 1.82) is 5.41 Å². The molecular weight excluding hydrogens is 450 g/mol. The minimum Gasteiger partial charge on any atom is -0.410 e. The van der Waals surface area contributed by atoms with E-state index in [1.807, 2.05) is 11.0 Å². The third-order valence-corrected chi connectivity index (χ3v) is 10.1. The van der Waals surface area contributed by atoms with Gasteiger partial charge in [-0.2, -0.15) is 0 Å². The first-order valence-corrected chi connectivity index (χ1v) is 14.2. The summed E-state index contributed by atoms with van der Waals surface area (Å²) in [5, 5.41) is 8.51. The van der Waals surface area contributed by atoms with Gasteiger partial charge in [0, 0.05) is 36.7 Å². The van der Waals surface area contributed by atoms with Crippen molar-refractivity contribution in [2.45, 2.75) is 89.5 Å². The van der Waals surface area contributed by atoms with E-state index in [0.29, 0.717) is 36.0 Å². The summed E-state index contributed by atoms with van der Waals surface area (Å²) in [5.41, 5.74) is 3.94. The lowest BCUT2D eigenvalue weighted by Crippen LogP contribution is -2.46. The number of hydrogen-bond acceptors (Lipinski definition) is 5. The lowest BCUT2D eigenvalue weighted by Gasteiger charge is -2.49. The third-order valence-electron chi connectivity index (χ3n) is 10.1. The van der Waals surface area contributed by atoms with Gasteiger partial charge < -0.3 is 24.7 Å². The summed E-state index contributed by atoms with van der Waals surface area (Å²) >= 11 is 0. The van der Waals surface area contributed by atoms with Gasteiger partial charge in [0.15, 0.2) is 0 Å². The molecule has 6 heteroatoms. The lowest BCUT2D eigenvalue weighted by molar-refractivity contribution is -0.107. The second kappa shape index (κ2) is 10.6. The van der Waals surface area contributed by atoms with E-state index in [2.05, 4.69) is 31.0 Å². The Labute approximate surface area is 216 Å². The largest absolute Gasteiger partial charge is 0.415 e. The molecule has 1 heterocycles. The summed E-state index contributed by atoms with van der Waals surface area (Å²) in [6, 6.07) is 6.84. The zero-order valence-electron chi connectivity index (χ0n) is 22.1. The summed E-state index contributed by atoms with van der Waals surface area (Å²) in [6.45, 7) is 4.80. The molecular formula is C30H43N3O3. The van der Waals surface area contributed by atoms with Crippen LogP contribution in [-0.4, -0.2) is 60.6 Å². The molecule has 0 spiro atoms. The van der Waals surface area contributed by atoms with E-state index in [0.717, 1.165) is 76.6 Å². The Kier molecular flexibility index (Phi) is 7.52. The molecule has 1 aromatic carbocycles. The number of rotatable bonds is 7. The molecule has 1 amide bonds. The average Bonchev–Trinajstić information content (AvgIpc) is 3.20. The normalized spacial score (nSPS) is 30.0. The predicted molar refractivity (Wildman–Crippen MR) is 142 cm³/mol. The molecule has 0 radical (unpaired) electrons. The van der Waals surface area contributed by atoms with Gasteiger partial charge in [0.05, 0.1) is 0 Å². The van der Waals surface area contributed by atoms with Gasteiger partial charge in [-0.25, -0.2) is 4.79 Å². The molecule has 1 N–H and O–H groups in total. The highest BCUT2D eigenvalue weighted by Gasteiger charge is 2.52. The highest BCUT2D eigenvalue weighted by Crippen LogP contribution is 2.59. The molecule has 2 saturated carbocycles. The first kappa shape index (κ1) is 25.4. The minimum atomic E-state index is -0.228. The maximum atomic E-state index is 12.9. The van der Waals surface area contributed by atoms with Crippen LogP contribution in [0.2, 0.25) is 0 Å². The van der Waals surface area contributed by atoms with Crippen LogP contribution in [0, 0.1) is 22.7 Å². The lowest BCUT2D eigenvalue weighted by atomic mass is 9.55. The van der Waals surface area contributed by atoms with E-state index in [9.17, 15) is 9.59 Å². The van der Waals surface area contributed by atoms with E-state index in [4.69, 9.17) is 10.1 Å². The number of aryl methyl sites for hydroxylation is 1. The fourth-order valence-corrected chi connectivity index (χ4v) is 7.86. The van der Waals surface area contributed by atoms with Crippen LogP contribution in [0.25, 0.3) is 0 Å². The Balaban J connectivity index is 1.15. The Morgan fingerprint density at radius 3 is 2.75 bits per heavy atom. The van der Waals surface area contributed by atoms with Crippen molar-refractivity contribution in [3.63, 3.8) is 0 Å². The third kappa shape index (κ3) is 4.85. The van der Waals surface area contributed by atoms with Crippen LogP contribution in [-0.2, 0) is 11.2 Å². The zero-order chi connectivity index (χ0) is 25.3. The molecule has 1 aromatic rings. The van der Waals surface area contributed by atoms with Crippen LogP contribution in [0.1, 0.15) is 88.2 Å². The summed E-state index contributed by atoms with van der Waals surface area (Å²) in [7, 11) is 2.15. The summed E-state index contributed by atoms with van der Waals surface area (Å²) in [6.07, 6.45) is 12.1. The number of ether oxygens (including phenoxy) is 1. The topological polar surface area (TPSA) is 73.7 Å². The zero-order valence-corrected chi connectivity index (χ0v) is 22.1. The van der Waals surface area contributed by atoms with Crippen molar-refractivity contribution in [2.75, 3.05) is 26.7 Å². The molecule has 1 saturated heterocycles. The Bertz CT molecular complexity index is 986. The number of piperidine rings is 1. The van der Waals surface area contributed by atoms with Gasteiger partial charge in [0.1, 0.15) is 12.0 Å². The SMILES string of the molecule is CN(CCCCC=O)C1CCN(C(=O)Oc2ccc3c(c2)CCC2C3CCC3(C)C(=N)CCC23)CC1. The summed E-state index contributed by atoms with van der Waals surface area (Å²) < 4.78 is 5.86. The van der Waals surface area contributed by atoms with Gasteiger partial charge in [0.25, 0.3) is 0 Å². The number of carbonyl (C=O) groups excluding carboxylic acids is 2. The molecule has 4 unspecified atom stereocenters. The first-order chi connectivity index (χ1) is 17.4. The van der Waals surface area contributed by atoms with Crippen LogP contribution in [0.4, 0.5) is 4.79 Å². The monoisotopic (exact) mass is 493 g/mol. The number of fused-ring (bicyclic) bond motifs is 5. The molecule has 1 aliphatic heterocycles. The van der Waals surface area contributed by atoms with Crippen molar-refractivity contribution >= 4 is 18.1 Å². The second-order valence-electron chi connectivity index (χ2n) is 12.0. The van der Waals surface area contributed by atoms with E-state index in [-0.39, 0.29) is 11.5 Å². The second-order valence-corrected chi connectivity index (χ2v) is 12.0. The van der Waals surface area contributed by atoms with Crippen molar-refractivity contribution in [2.24, 2.45) is 17.3 Å². The van der Waals surface area contributed by atoms with Gasteiger partial charge in [-0.1, -0.05) is 13.0 Å². The van der Waals surface area contributed by atoms with Crippen LogP contribution in [0.5, 0.6) is 5.75 Å². The van der Waals surface area contributed by atoms with Crippen LogP contribution < -0.4 is 4.74 Å². The number of nitrogens with zero attached hydrogens (tertiary/aromatic N) is 2. The molecule has 3 aliphatic carbocycles. The number of likely N-dealkylation sites (tertiary alicyclic amines) is 1. The molecule has 3 fully saturated rings. The van der Waals surface area contributed by atoms with Gasteiger partial charge in [-0.3, -0.25) is 0 Å². The van der Waals surface area contributed by atoms with E-state index < -0.39 is 0 Å². The number of nitrogens with one attached hydrogen (secondary N) is 1. The molecule has 0 aromatic heterocycles. The molecule has 0 bridgehead atoms. The molecule has 4 atom stereocenters. The number of hydrogen-bond donors (Lipinski definition) is 1. The van der Waals surface area contributed by atoms with Crippen molar-refractivity contribution in [1.82, 2.24) is 9.80 Å². The van der Waals surface area contributed by atoms with Gasteiger partial charge in [-0.15, -0.1) is 0 Å². The van der Waals surface area contributed by atoms with E-state index in [1.165, 1.54) is 30.4 Å². The van der Waals surface area contributed by atoms with Gasteiger partial charge in [0.2, 0.25) is 0 Å². The highest BCUT2D eigenvalue weighted by atomic mass is 16.6. The van der Waals surface area contributed by atoms with E-state index >= 15 is 0 Å². The van der Waals surface area contributed by atoms with Crippen molar-refractivity contribution in [3.8, 4) is 5.75 Å². The number of carbonyl (C=O) groups is 2. The fraction of sp³-hybridized carbons (Fsp3) is 0.700. The predicted octanol–water partition coefficient (Wildman–Crippen LogP) is 5.83. The maximum Gasteiger partial charge on any atom is 0.415 e. The minimum absolute atomic E-state index is 0.132. The fourth-order valence-electron chi connectivity index (χ4n) is 7.86. The molecule has 6 nitrogen and oxygen atoms in total. The quantitative estimate of drug-likeness (QED) is 0.383. The van der Waals surface area contributed by atoms with Gasteiger partial charge >= 0.3 is 6.09 Å². The standard InChI is InChI=1S/C30H43N3O3/c1-30-15-12-25-24-9-7-23(20-21(24)6-8-26(25)27(30)10-11-28(30)31)36-29(35)33-17-13-22(14-18-33)32(2)16-4-3-5-19-34/h7,9,19-20,22,25-27,31H,3-6,8,10-18H2,1-2H3. The Morgan fingerprint density at radius 1 is 1.17 bits per heavy atom. The average molecular weight is 494 g/mol. The molecule has 5 rings (SSSR count). The summed E-state index contributed by atoms with van der Waals surface area (Å²) in [4.78, 5) is 27.6. The highest BCUT2D eigenvalue weighted by molar-refractivity contribution is 5.89. The number of unbranched alkanes of at least 4 members (excludes halogenated alkanes) is 2. The molecule has 4 aliphatic rings. The number of benzene rings is 1. The Hall–Kier alpha value is -2.21. The molecule has 36 heavy (non-hydrogen) atoms. The van der Waals surface area contributed by atoms with Crippen molar-refractivity contribution in [3.05, 3.63) is 29.3 Å². The smallest absolute Gasteiger partial charge is 0.410 e. The summed E-state index contributed by atoms with van der Waals surface area (Å²) in [5.74, 6) is 2.62. The Morgan fingerprint density at radius 2 is 1.97 bits per heavy atom. The number of aldehydes is 1. The van der Waals surface area contributed by atoms with Gasteiger partial charge in [-0.05, 0) is 119 Å². The maximum absolute atomic E-state index is 12.9. The number of amides is 1. The molecule has 196 valence electrons.